The van der Waals surface area contributed by atoms with Gasteiger partial charge in [-0.05, 0) is 48.2 Å². The Hall–Kier alpha value is -3.06. The minimum Gasteiger partial charge on any atom is -0.360 e. The Morgan fingerprint density at radius 3 is 2.50 bits per heavy atom. The summed E-state index contributed by atoms with van der Waals surface area (Å²) < 4.78 is 0. The van der Waals surface area contributed by atoms with E-state index in [0.717, 1.165) is 40.4 Å². The summed E-state index contributed by atoms with van der Waals surface area (Å²) in [5.74, 6) is 0.0938. The largest absolute Gasteiger partial charge is 0.360 e. The molecule has 1 N–H and O–H groups in total. The van der Waals surface area contributed by atoms with E-state index in [4.69, 9.17) is 0 Å². The number of aromatic nitrogens is 1. The summed E-state index contributed by atoms with van der Waals surface area (Å²) in [6, 6.07) is 16.4. The first-order valence-electron chi connectivity index (χ1n) is 9.06. The van der Waals surface area contributed by atoms with Gasteiger partial charge in [-0.2, -0.15) is 5.26 Å². The van der Waals surface area contributed by atoms with Crippen molar-refractivity contribution in [2.75, 3.05) is 7.05 Å². The molecule has 0 radical (unpaired) electrons. The highest BCUT2D eigenvalue weighted by atomic mass is 16.2. The third kappa shape index (κ3) is 2.86. The summed E-state index contributed by atoms with van der Waals surface area (Å²) in [4.78, 5) is 17.7. The van der Waals surface area contributed by atoms with Crippen LogP contribution < -0.4 is 0 Å². The third-order valence-corrected chi connectivity index (χ3v) is 5.46. The van der Waals surface area contributed by atoms with Gasteiger partial charge in [-0.3, -0.25) is 4.79 Å². The van der Waals surface area contributed by atoms with Gasteiger partial charge in [0.2, 0.25) is 0 Å². The molecule has 1 amide bonds. The van der Waals surface area contributed by atoms with Gasteiger partial charge >= 0.3 is 0 Å². The van der Waals surface area contributed by atoms with Crippen molar-refractivity contribution in [2.45, 2.75) is 31.7 Å². The summed E-state index contributed by atoms with van der Waals surface area (Å²) in [6.07, 6.45) is 6.38. The number of H-pyrrole nitrogens is 1. The van der Waals surface area contributed by atoms with Gasteiger partial charge in [0.05, 0.1) is 5.56 Å². The van der Waals surface area contributed by atoms with Crippen molar-refractivity contribution in [1.82, 2.24) is 9.88 Å². The minimum atomic E-state index is 0.0938. The molecule has 1 fully saturated rings. The van der Waals surface area contributed by atoms with Crippen LogP contribution in [0.2, 0.25) is 0 Å². The molecule has 130 valence electrons. The first-order valence-corrected chi connectivity index (χ1v) is 9.06. The van der Waals surface area contributed by atoms with Gasteiger partial charge in [-0.25, -0.2) is 0 Å². The van der Waals surface area contributed by atoms with E-state index in [1.165, 1.54) is 12.8 Å². The molecule has 1 heterocycles. The molecule has 0 atom stereocenters. The molecule has 0 unspecified atom stereocenters. The standard InChI is InChI=1S/C22H21N3O/c1-25(19-4-2-3-5-19)22(26)16-8-6-15(7-9-16)17-10-11-21-20(12-17)18(13-23)14-24-21/h6-12,14,19,24H,2-5H2,1H3. The van der Waals surface area contributed by atoms with Crippen LogP contribution in [0.4, 0.5) is 0 Å². The van der Waals surface area contributed by atoms with Crippen molar-refractivity contribution < 1.29 is 4.79 Å². The molecular formula is C22H21N3O. The predicted octanol–water partition coefficient (Wildman–Crippen LogP) is 4.72. The van der Waals surface area contributed by atoms with E-state index < -0.39 is 0 Å². The van der Waals surface area contributed by atoms with Gasteiger partial charge < -0.3 is 9.88 Å². The maximum atomic E-state index is 12.7. The Morgan fingerprint density at radius 2 is 1.81 bits per heavy atom. The number of carbonyl (C=O) groups is 1. The molecule has 4 rings (SSSR count). The number of amides is 1. The van der Waals surface area contributed by atoms with Gasteiger partial charge in [0.15, 0.2) is 0 Å². The quantitative estimate of drug-likeness (QED) is 0.748. The van der Waals surface area contributed by atoms with E-state index in [-0.39, 0.29) is 5.91 Å². The number of nitrogens with one attached hydrogen (secondary N) is 1. The van der Waals surface area contributed by atoms with E-state index in [2.05, 4.69) is 11.1 Å². The van der Waals surface area contributed by atoms with E-state index in [1.807, 2.05) is 54.4 Å². The summed E-state index contributed by atoms with van der Waals surface area (Å²) in [6.45, 7) is 0. The van der Waals surface area contributed by atoms with Crippen molar-refractivity contribution in [1.29, 1.82) is 5.26 Å². The molecule has 0 aliphatic heterocycles. The van der Waals surface area contributed by atoms with Crippen molar-refractivity contribution >= 4 is 16.8 Å². The number of carbonyl (C=O) groups excluding carboxylic acids is 1. The van der Waals surface area contributed by atoms with Crippen molar-refractivity contribution in [3.8, 4) is 17.2 Å². The van der Waals surface area contributed by atoms with Crippen LogP contribution in [0.15, 0.2) is 48.7 Å². The Morgan fingerprint density at radius 1 is 1.12 bits per heavy atom. The molecule has 3 aromatic rings. The lowest BCUT2D eigenvalue weighted by molar-refractivity contribution is 0.0735. The smallest absolute Gasteiger partial charge is 0.253 e. The maximum Gasteiger partial charge on any atom is 0.253 e. The number of rotatable bonds is 3. The Bertz CT molecular complexity index is 988. The highest BCUT2D eigenvalue weighted by molar-refractivity contribution is 5.95. The van der Waals surface area contributed by atoms with Crippen LogP contribution in [-0.2, 0) is 0 Å². The second kappa shape index (κ2) is 6.68. The number of hydrogen-bond acceptors (Lipinski definition) is 2. The van der Waals surface area contributed by atoms with Gasteiger partial charge in [-0.1, -0.05) is 31.0 Å². The zero-order valence-corrected chi connectivity index (χ0v) is 14.8. The average molecular weight is 343 g/mol. The van der Waals surface area contributed by atoms with E-state index in [0.29, 0.717) is 11.6 Å². The lowest BCUT2D eigenvalue weighted by Gasteiger charge is -2.24. The Balaban J connectivity index is 1.59. The topological polar surface area (TPSA) is 59.9 Å². The normalized spacial score (nSPS) is 14.5. The van der Waals surface area contributed by atoms with Crippen molar-refractivity contribution in [3.05, 3.63) is 59.8 Å². The Kier molecular flexibility index (Phi) is 4.22. The van der Waals surface area contributed by atoms with E-state index in [1.54, 1.807) is 6.20 Å². The molecule has 2 aromatic carbocycles. The fourth-order valence-corrected chi connectivity index (χ4v) is 3.86. The van der Waals surface area contributed by atoms with Crippen LogP contribution in [0.1, 0.15) is 41.6 Å². The molecule has 0 saturated heterocycles. The fourth-order valence-electron chi connectivity index (χ4n) is 3.86. The van der Waals surface area contributed by atoms with Crippen LogP contribution in [0.5, 0.6) is 0 Å². The van der Waals surface area contributed by atoms with E-state index in [9.17, 15) is 10.1 Å². The molecule has 1 aliphatic rings. The zero-order chi connectivity index (χ0) is 18.1. The summed E-state index contributed by atoms with van der Waals surface area (Å²) >= 11 is 0. The summed E-state index contributed by atoms with van der Waals surface area (Å²) in [5.41, 5.74) is 4.40. The third-order valence-electron chi connectivity index (χ3n) is 5.46. The number of fused-ring (bicyclic) bond motifs is 1. The highest BCUT2D eigenvalue weighted by Crippen LogP contribution is 2.27. The molecule has 1 aliphatic carbocycles. The van der Waals surface area contributed by atoms with Crippen LogP contribution in [-0.4, -0.2) is 28.9 Å². The van der Waals surface area contributed by atoms with Crippen molar-refractivity contribution in [2.24, 2.45) is 0 Å². The van der Waals surface area contributed by atoms with Gasteiger partial charge in [-0.15, -0.1) is 0 Å². The molecular weight excluding hydrogens is 322 g/mol. The lowest BCUT2D eigenvalue weighted by atomic mass is 10.0. The second-order valence-corrected chi connectivity index (χ2v) is 7.01. The molecule has 1 aromatic heterocycles. The minimum absolute atomic E-state index is 0.0938. The maximum absolute atomic E-state index is 12.7. The molecule has 0 spiro atoms. The van der Waals surface area contributed by atoms with Crippen LogP contribution in [0.3, 0.4) is 0 Å². The van der Waals surface area contributed by atoms with Crippen molar-refractivity contribution in [3.63, 3.8) is 0 Å². The predicted molar refractivity (Wildman–Crippen MR) is 103 cm³/mol. The molecule has 4 nitrogen and oxygen atoms in total. The Labute approximate surface area is 153 Å². The number of aromatic amines is 1. The SMILES string of the molecule is CN(C(=O)c1ccc(-c2ccc3[nH]cc(C#N)c3c2)cc1)C1CCCC1. The first-order chi connectivity index (χ1) is 12.7. The van der Waals surface area contributed by atoms with Crippen LogP contribution >= 0.6 is 0 Å². The summed E-state index contributed by atoms with van der Waals surface area (Å²) in [7, 11) is 1.91. The number of benzene rings is 2. The number of hydrogen-bond donors (Lipinski definition) is 1. The molecule has 0 bridgehead atoms. The number of nitrogens with zero attached hydrogens (tertiary/aromatic N) is 2. The lowest BCUT2D eigenvalue weighted by Crippen LogP contribution is -2.35. The molecule has 1 saturated carbocycles. The average Bonchev–Trinajstić information content (AvgIpc) is 3.36. The number of nitriles is 1. The molecule has 26 heavy (non-hydrogen) atoms. The highest BCUT2D eigenvalue weighted by Gasteiger charge is 2.24. The van der Waals surface area contributed by atoms with Crippen LogP contribution in [0, 0.1) is 11.3 Å². The fraction of sp³-hybridized carbons (Fsp3) is 0.273. The van der Waals surface area contributed by atoms with E-state index >= 15 is 0 Å². The first kappa shape index (κ1) is 16.4. The zero-order valence-electron chi connectivity index (χ0n) is 14.8. The molecule has 4 heteroatoms. The van der Waals surface area contributed by atoms with Gasteiger partial charge in [0, 0.05) is 35.8 Å². The van der Waals surface area contributed by atoms with Crippen LogP contribution in [0.25, 0.3) is 22.0 Å². The van der Waals surface area contributed by atoms with Gasteiger partial charge in [0.1, 0.15) is 6.07 Å². The van der Waals surface area contributed by atoms with Gasteiger partial charge in [0.25, 0.3) is 5.91 Å². The monoisotopic (exact) mass is 343 g/mol. The second-order valence-electron chi connectivity index (χ2n) is 7.01. The summed E-state index contributed by atoms with van der Waals surface area (Å²) in [5, 5.41) is 10.1.